The van der Waals surface area contributed by atoms with E-state index in [2.05, 4.69) is 0 Å². The third-order valence-electron chi connectivity index (χ3n) is 3.81. The lowest BCUT2D eigenvalue weighted by atomic mass is 9.98. The van der Waals surface area contributed by atoms with Crippen LogP contribution in [-0.2, 0) is 0 Å². The van der Waals surface area contributed by atoms with Crippen LogP contribution in [0.25, 0.3) is 6.08 Å². The van der Waals surface area contributed by atoms with E-state index in [-0.39, 0.29) is 17.1 Å². The maximum absolute atomic E-state index is 12.6. The van der Waals surface area contributed by atoms with Crippen LogP contribution in [0.2, 0.25) is 5.02 Å². The number of phenols is 1. The molecule has 4 nitrogen and oxygen atoms in total. The van der Waals surface area contributed by atoms with Gasteiger partial charge in [-0.25, -0.2) is 0 Å². The second-order valence-corrected chi connectivity index (χ2v) is 5.67. The van der Waals surface area contributed by atoms with Gasteiger partial charge in [0, 0.05) is 16.1 Å². The zero-order valence-corrected chi connectivity index (χ0v) is 14.8. The summed E-state index contributed by atoms with van der Waals surface area (Å²) < 4.78 is 10.6. The molecule has 1 N–H and O–H groups in total. The first-order valence-corrected chi connectivity index (χ1v) is 7.71. The molecule has 2 rings (SSSR count). The number of allylic oxidation sites excluding steroid dienone is 1. The summed E-state index contributed by atoms with van der Waals surface area (Å²) in [6.45, 7) is 3.47. The number of aromatic hydroxyl groups is 1. The lowest BCUT2D eigenvalue weighted by Crippen LogP contribution is -2.05. The molecule has 2 aromatic rings. The fraction of sp³-hybridized carbons (Fsp3) is 0.211. The van der Waals surface area contributed by atoms with Gasteiger partial charge < -0.3 is 14.6 Å². The molecule has 126 valence electrons. The van der Waals surface area contributed by atoms with Crippen LogP contribution >= 0.6 is 11.6 Å². The topological polar surface area (TPSA) is 55.8 Å². The van der Waals surface area contributed by atoms with Crippen LogP contribution in [0.15, 0.2) is 30.3 Å². The van der Waals surface area contributed by atoms with Gasteiger partial charge in [0.05, 0.1) is 14.2 Å². The molecule has 0 aliphatic rings. The van der Waals surface area contributed by atoms with Crippen molar-refractivity contribution in [2.24, 2.45) is 0 Å². The highest BCUT2D eigenvalue weighted by molar-refractivity contribution is 6.32. The Morgan fingerprint density at radius 2 is 1.71 bits per heavy atom. The quantitative estimate of drug-likeness (QED) is 0.636. The van der Waals surface area contributed by atoms with Crippen LogP contribution in [0, 0.1) is 13.8 Å². The van der Waals surface area contributed by atoms with Gasteiger partial charge in [-0.2, -0.15) is 0 Å². The molecular formula is C19H19ClO4. The first-order valence-electron chi connectivity index (χ1n) is 7.33. The Labute approximate surface area is 146 Å². The highest BCUT2D eigenvalue weighted by Crippen LogP contribution is 2.42. The van der Waals surface area contributed by atoms with E-state index in [1.807, 2.05) is 12.1 Å². The van der Waals surface area contributed by atoms with E-state index in [1.165, 1.54) is 20.3 Å². The number of benzene rings is 2. The van der Waals surface area contributed by atoms with Crippen molar-refractivity contribution in [1.82, 2.24) is 0 Å². The van der Waals surface area contributed by atoms with Crippen molar-refractivity contribution in [3.8, 4) is 17.2 Å². The molecular weight excluding hydrogens is 328 g/mol. The van der Waals surface area contributed by atoms with Gasteiger partial charge in [-0.3, -0.25) is 4.79 Å². The maximum Gasteiger partial charge on any atom is 0.193 e. The third kappa shape index (κ3) is 3.24. The molecule has 0 spiro atoms. The Kier molecular flexibility index (Phi) is 5.52. The summed E-state index contributed by atoms with van der Waals surface area (Å²) in [6.07, 6.45) is 2.97. The Bertz CT molecular complexity index is 809. The number of ether oxygens (including phenoxy) is 2. The molecule has 5 heteroatoms. The predicted octanol–water partition coefficient (Wildman–Crippen LogP) is 4.58. The lowest BCUT2D eigenvalue weighted by molar-refractivity contribution is 0.104. The predicted molar refractivity (Wildman–Crippen MR) is 95.5 cm³/mol. The summed E-state index contributed by atoms with van der Waals surface area (Å²) in [5.74, 6) is 0.265. The van der Waals surface area contributed by atoms with Gasteiger partial charge in [-0.05, 0) is 37.6 Å². The van der Waals surface area contributed by atoms with E-state index >= 15 is 0 Å². The summed E-state index contributed by atoms with van der Waals surface area (Å²) >= 11 is 6.08. The van der Waals surface area contributed by atoms with E-state index in [1.54, 1.807) is 32.1 Å². The van der Waals surface area contributed by atoms with Gasteiger partial charge in [0.15, 0.2) is 5.78 Å². The molecule has 0 atom stereocenters. The molecule has 0 unspecified atom stereocenters. The van der Waals surface area contributed by atoms with E-state index in [9.17, 15) is 9.90 Å². The van der Waals surface area contributed by atoms with Crippen molar-refractivity contribution in [2.75, 3.05) is 14.2 Å². The average Bonchev–Trinajstić information content (AvgIpc) is 2.57. The standard InChI is InChI=1S/C19H19ClO4/c1-11-17(22)16(19(24-4)12(2)18(11)23-3)15(21)10-9-13-7-5-6-8-14(13)20/h5-10,22H,1-4H3/b10-9+. The zero-order chi connectivity index (χ0) is 17.9. The van der Waals surface area contributed by atoms with Gasteiger partial charge in [0.25, 0.3) is 0 Å². The van der Waals surface area contributed by atoms with Crippen LogP contribution in [0.4, 0.5) is 0 Å². The minimum absolute atomic E-state index is 0.108. The molecule has 24 heavy (non-hydrogen) atoms. The second kappa shape index (κ2) is 7.41. The van der Waals surface area contributed by atoms with E-state index in [0.29, 0.717) is 33.2 Å². The Hall–Kier alpha value is -2.46. The number of phenolic OH excluding ortho intramolecular Hbond substituents is 1. The normalized spacial score (nSPS) is 10.9. The van der Waals surface area contributed by atoms with Crippen LogP contribution in [-0.4, -0.2) is 25.1 Å². The van der Waals surface area contributed by atoms with Crippen molar-refractivity contribution in [1.29, 1.82) is 0 Å². The number of halogens is 1. The molecule has 0 fully saturated rings. The Morgan fingerprint density at radius 1 is 1.08 bits per heavy atom. The van der Waals surface area contributed by atoms with Crippen molar-refractivity contribution in [3.63, 3.8) is 0 Å². The number of hydrogen-bond donors (Lipinski definition) is 1. The van der Waals surface area contributed by atoms with Crippen LogP contribution in [0.1, 0.15) is 27.0 Å². The van der Waals surface area contributed by atoms with E-state index in [4.69, 9.17) is 21.1 Å². The molecule has 0 saturated heterocycles. The molecule has 0 aromatic heterocycles. The fourth-order valence-corrected chi connectivity index (χ4v) is 2.82. The second-order valence-electron chi connectivity index (χ2n) is 5.26. The number of carbonyl (C=O) groups excluding carboxylic acids is 1. The van der Waals surface area contributed by atoms with Crippen LogP contribution < -0.4 is 9.47 Å². The lowest BCUT2D eigenvalue weighted by Gasteiger charge is -2.17. The molecule has 0 aliphatic heterocycles. The smallest absolute Gasteiger partial charge is 0.193 e. The van der Waals surface area contributed by atoms with Crippen LogP contribution in [0.5, 0.6) is 17.2 Å². The van der Waals surface area contributed by atoms with Crippen molar-refractivity contribution in [3.05, 3.63) is 57.6 Å². The highest BCUT2D eigenvalue weighted by Gasteiger charge is 2.24. The van der Waals surface area contributed by atoms with Crippen molar-refractivity contribution >= 4 is 23.5 Å². The Balaban J connectivity index is 2.52. The summed E-state index contributed by atoms with van der Waals surface area (Å²) in [5.41, 5.74) is 1.97. The molecule has 0 aliphatic carbocycles. The summed E-state index contributed by atoms with van der Waals surface area (Å²) in [4.78, 5) is 12.6. The summed E-state index contributed by atoms with van der Waals surface area (Å²) in [7, 11) is 2.96. The van der Waals surface area contributed by atoms with Crippen LogP contribution in [0.3, 0.4) is 0 Å². The minimum atomic E-state index is -0.377. The van der Waals surface area contributed by atoms with Gasteiger partial charge in [0.1, 0.15) is 22.8 Å². The number of rotatable bonds is 5. The Morgan fingerprint density at radius 3 is 2.29 bits per heavy atom. The third-order valence-corrected chi connectivity index (χ3v) is 4.16. The largest absolute Gasteiger partial charge is 0.507 e. The molecule has 0 amide bonds. The first kappa shape index (κ1) is 17.9. The molecule has 0 bridgehead atoms. The van der Waals surface area contributed by atoms with E-state index in [0.717, 1.165) is 0 Å². The van der Waals surface area contributed by atoms with E-state index < -0.39 is 0 Å². The molecule has 0 saturated carbocycles. The number of methoxy groups -OCH3 is 2. The molecule has 0 heterocycles. The molecule has 2 aromatic carbocycles. The number of carbonyl (C=O) groups is 1. The average molecular weight is 347 g/mol. The maximum atomic E-state index is 12.6. The number of ketones is 1. The van der Waals surface area contributed by atoms with Gasteiger partial charge >= 0.3 is 0 Å². The molecule has 0 radical (unpaired) electrons. The highest BCUT2D eigenvalue weighted by atomic mass is 35.5. The van der Waals surface area contributed by atoms with Gasteiger partial charge in [-0.1, -0.05) is 29.8 Å². The number of hydrogen-bond acceptors (Lipinski definition) is 4. The monoisotopic (exact) mass is 346 g/mol. The van der Waals surface area contributed by atoms with Gasteiger partial charge in [-0.15, -0.1) is 0 Å². The minimum Gasteiger partial charge on any atom is -0.507 e. The fourth-order valence-electron chi connectivity index (χ4n) is 2.62. The van der Waals surface area contributed by atoms with Gasteiger partial charge in [0.2, 0.25) is 0 Å². The summed E-state index contributed by atoms with van der Waals surface area (Å²) in [6, 6.07) is 7.18. The SMILES string of the molecule is COc1c(C)c(O)c(C(=O)/C=C/c2ccccc2Cl)c(OC)c1C. The van der Waals surface area contributed by atoms with Crippen molar-refractivity contribution < 1.29 is 19.4 Å². The summed E-state index contributed by atoms with van der Waals surface area (Å²) in [5, 5.41) is 11.0. The first-order chi connectivity index (χ1) is 11.4. The zero-order valence-electron chi connectivity index (χ0n) is 14.0. The van der Waals surface area contributed by atoms with Crippen molar-refractivity contribution in [2.45, 2.75) is 13.8 Å².